The molecule has 4 heteroatoms. The van der Waals surface area contributed by atoms with Crippen LogP contribution in [0.5, 0.6) is 0 Å². The molecule has 12 aromatic rings. The van der Waals surface area contributed by atoms with E-state index in [0.717, 1.165) is 55.8 Å². The molecule has 9 aromatic carbocycles. The van der Waals surface area contributed by atoms with E-state index in [4.69, 9.17) is 4.42 Å². The maximum Gasteiger partial charge on any atom is 0.137 e. The third-order valence-corrected chi connectivity index (χ3v) is 12.5. The van der Waals surface area contributed by atoms with Gasteiger partial charge in [0.2, 0.25) is 0 Å². The summed E-state index contributed by atoms with van der Waals surface area (Å²) >= 11 is 1.86. The second-order valence-corrected chi connectivity index (χ2v) is 15.6. The molecule has 0 fully saturated rings. The molecule has 56 heavy (non-hydrogen) atoms. The molecular formula is C52H32N2OS. The Bertz CT molecular complexity index is 3500. The van der Waals surface area contributed by atoms with Crippen LogP contribution in [0.2, 0.25) is 0 Å². The van der Waals surface area contributed by atoms with Crippen LogP contribution < -0.4 is 4.90 Å². The van der Waals surface area contributed by atoms with E-state index < -0.39 is 0 Å². The van der Waals surface area contributed by atoms with E-state index in [9.17, 15) is 0 Å². The van der Waals surface area contributed by atoms with Crippen LogP contribution in [0, 0.1) is 0 Å². The molecular weight excluding hydrogens is 701 g/mol. The lowest BCUT2D eigenvalue weighted by Crippen LogP contribution is -2.10. The van der Waals surface area contributed by atoms with Crippen LogP contribution in [-0.4, -0.2) is 4.57 Å². The molecule has 3 nitrogen and oxygen atoms in total. The van der Waals surface area contributed by atoms with Gasteiger partial charge in [0.25, 0.3) is 0 Å². The minimum Gasteiger partial charge on any atom is -0.456 e. The highest BCUT2D eigenvalue weighted by Gasteiger charge is 2.21. The zero-order chi connectivity index (χ0) is 36.7. The molecule has 3 aromatic heterocycles. The predicted octanol–water partition coefficient (Wildman–Crippen LogP) is 15.3. The summed E-state index contributed by atoms with van der Waals surface area (Å²) in [6, 6.07) is 70.3. The number of hydrogen-bond donors (Lipinski definition) is 0. The zero-order valence-corrected chi connectivity index (χ0v) is 31.0. The first-order chi connectivity index (χ1) is 27.8. The van der Waals surface area contributed by atoms with Crippen LogP contribution in [-0.2, 0) is 0 Å². The maximum atomic E-state index is 6.49. The van der Waals surface area contributed by atoms with Crippen molar-refractivity contribution >= 4 is 103 Å². The number of rotatable bonds is 5. The van der Waals surface area contributed by atoms with Gasteiger partial charge in [0.1, 0.15) is 11.2 Å². The summed E-state index contributed by atoms with van der Waals surface area (Å²) in [4.78, 5) is 2.42. The molecule has 0 saturated heterocycles. The molecule has 0 N–H and O–H groups in total. The van der Waals surface area contributed by atoms with Gasteiger partial charge in [-0.05, 0) is 83.2 Å². The van der Waals surface area contributed by atoms with Crippen LogP contribution in [0.3, 0.4) is 0 Å². The Morgan fingerprint density at radius 3 is 1.95 bits per heavy atom. The van der Waals surface area contributed by atoms with Crippen LogP contribution in [0.15, 0.2) is 199 Å². The summed E-state index contributed by atoms with van der Waals surface area (Å²) in [5.41, 5.74) is 10.9. The van der Waals surface area contributed by atoms with Gasteiger partial charge in [-0.2, -0.15) is 0 Å². The first kappa shape index (κ1) is 31.2. The molecule has 0 bridgehead atoms. The number of fused-ring (bicyclic) bond motifs is 11. The Hall–Kier alpha value is -7.14. The summed E-state index contributed by atoms with van der Waals surface area (Å²) in [5.74, 6) is 0. The van der Waals surface area contributed by atoms with Crippen molar-refractivity contribution in [3.8, 4) is 16.8 Å². The average Bonchev–Trinajstić information content (AvgIpc) is 3.93. The minimum absolute atomic E-state index is 0.872. The largest absolute Gasteiger partial charge is 0.456 e. The molecule has 0 amide bonds. The lowest BCUT2D eigenvalue weighted by atomic mass is 9.99. The molecule has 12 rings (SSSR count). The van der Waals surface area contributed by atoms with Crippen molar-refractivity contribution in [2.24, 2.45) is 0 Å². The summed E-state index contributed by atoms with van der Waals surface area (Å²) in [5, 5.41) is 9.81. The first-order valence-corrected chi connectivity index (χ1v) is 19.8. The monoisotopic (exact) mass is 732 g/mol. The van der Waals surface area contributed by atoms with Crippen molar-refractivity contribution in [1.82, 2.24) is 4.57 Å². The second kappa shape index (κ2) is 12.2. The van der Waals surface area contributed by atoms with Gasteiger partial charge >= 0.3 is 0 Å². The number of furan rings is 1. The van der Waals surface area contributed by atoms with Gasteiger partial charge in [-0.3, -0.25) is 0 Å². The van der Waals surface area contributed by atoms with Crippen molar-refractivity contribution in [3.63, 3.8) is 0 Å². The molecule has 0 saturated carbocycles. The van der Waals surface area contributed by atoms with Crippen molar-refractivity contribution in [1.29, 1.82) is 0 Å². The normalized spacial score (nSPS) is 11.9. The Balaban J connectivity index is 1.10. The van der Waals surface area contributed by atoms with E-state index in [1.54, 1.807) is 0 Å². The van der Waals surface area contributed by atoms with E-state index in [-0.39, 0.29) is 0 Å². The van der Waals surface area contributed by atoms with Crippen molar-refractivity contribution < 1.29 is 4.42 Å². The van der Waals surface area contributed by atoms with Crippen molar-refractivity contribution in [3.05, 3.63) is 194 Å². The number of para-hydroxylation sites is 3. The van der Waals surface area contributed by atoms with E-state index in [1.165, 1.54) is 52.8 Å². The summed E-state index contributed by atoms with van der Waals surface area (Å²) in [6.07, 6.45) is 0. The third-order valence-electron chi connectivity index (χ3n) is 11.4. The SMILES string of the molecule is c1ccc(-n2c3ccccc3c3ccc(-c4cccc(N(c5ccc6c(c5)oc5ccccc56)c5cc6sc7ccccc7c6c6ccccc56)c4)cc32)cc1. The summed E-state index contributed by atoms with van der Waals surface area (Å²) in [7, 11) is 0. The van der Waals surface area contributed by atoms with Gasteiger partial charge < -0.3 is 13.9 Å². The van der Waals surface area contributed by atoms with Gasteiger partial charge in [0, 0.05) is 70.2 Å². The highest BCUT2D eigenvalue weighted by molar-refractivity contribution is 7.26. The Kier molecular flexibility index (Phi) is 6.80. The smallest absolute Gasteiger partial charge is 0.137 e. The molecule has 3 heterocycles. The highest BCUT2D eigenvalue weighted by atomic mass is 32.1. The van der Waals surface area contributed by atoms with E-state index in [2.05, 4.69) is 191 Å². The van der Waals surface area contributed by atoms with Crippen LogP contribution in [0.1, 0.15) is 0 Å². The van der Waals surface area contributed by atoms with Gasteiger partial charge in [-0.1, -0.05) is 121 Å². The van der Waals surface area contributed by atoms with Gasteiger partial charge in [-0.25, -0.2) is 0 Å². The van der Waals surface area contributed by atoms with E-state index in [1.807, 2.05) is 23.5 Å². The maximum absolute atomic E-state index is 6.49. The van der Waals surface area contributed by atoms with Gasteiger partial charge in [-0.15, -0.1) is 11.3 Å². The third kappa shape index (κ3) is 4.70. The van der Waals surface area contributed by atoms with Crippen LogP contribution >= 0.6 is 11.3 Å². The number of hydrogen-bond acceptors (Lipinski definition) is 3. The summed E-state index contributed by atoms with van der Waals surface area (Å²) < 4.78 is 11.4. The fourth-order valence-electron chi connectivity index (χ4n) is 8.87. The van der Waals surface area contributed by atoms with Crippen LogP contribution in [0.4, 0.5) is 17.1 Å². The molecule has 262 valence electrons. The number of aromatic nitrogens is 1. The molecule has 0 spiro atoms. The quantitative estimate of drug-likeness (QED) is 0.176. The van der Waals surface area contributed by atoms with E-state index >= 15 is 0 Å². The van der Waals surface area contributed by atoms with Crippen LogP contribution in [0.25, 0.3) is 91.5 Å². The summed E-state index contributed by atoms with van der Waals surface area (Å²) in [6.45, 7) is 0. The van der Waals surface area contributed by atoms with Crippen molar-refractivity contribution in [2.45, 2.75) is 0 Å². The molecule has 0 aliphatic carbocycles. The fourth-order valence-corrected chi connectivity index (χ4v) is 10.0. The second-order valence-electron chi connectivity index (χ2n) is 14.5. The van der Waals surface area contributed by atoms with E-state index in [0.29, 0.717) is 0 Å². The molecule has 0 atom stereocenters. The first-order valence-electron chi connectivity index (χ1n) is 19.0. The van der Waals surface area contributed by atoms with Crippen molar-refractivity contribution in [2.75, 3.05) is 4.90 Å². The lowest BCUT2D eigenvalue weighted by molar-refractivity contribution is 0.669. The average molecular weight is 733 g/mol. The number of thiophene rings is 1. The lowest BCUT2D eigenvalue weighted by Gasteiger charge is -2.27. The molecule has 0 radical (unpaired) electrons. The number of nitrogens with zero attached hydrogens (tertiary/aromatic N) is 2. The Labute approximate surface area is 326 Å². The fraction of sp³-hybridized carbons (Fsp3) is 0. The van der Waals surface area contributed by atoms with Gasteiger partial charge in [0.15, 0.2) is 0 Å². The Morgan fingerprint density at radius 2 is 1.05 bits per heavy atom. The molecule has 0 unspecified atom stereocenters. The van der Waals surface area contributed by atoms with Gasteiger partial charge in [0.05, 0.1) is 16.7 Å². The molecule has 0 aliphatic heterocycles. The topological polar surface area (TPSA) is 21.3 Å². The standard InChI is InChI=1S/C52H32N2OS/c1-2-14-35(15-3-1)54-45-22-9-6-17-38(45)40-27-25-34(30-46(40)54)33-13-12-16-36(29-33)53(37-26-28-42-41-19-7-10-23-48(41)55-49(42)31-37)47-32-51-52(43-20-5-4-18-39(43)47)44-21-8-11-24-50(44)56-51/h1-32H. The Morgan fingerprint density at radius 1 is 0.393 bits per heavy atom. The predicted molar refractivity (Wildman–Crippen MR) is 239 cm³/mol. The number of anilines is 3. The highest BCUT2D eigenvalue weighted by Crippen LogP contribution is 2.47. The minimum atomic E-state index is 0.872. The number of benzene rings is 9. The molecule has 0 aliphatic rings. The zero-order valence-electron chi connectivity index (χ0n) is 30.2.